The monoisotopic (exact) mass is 577 g/mol. The van der Waals surface area contributed by atoms with E-state index in [9.17, 15) is 9.59 Å². The first-order valence-electron chi connectivity index (χ1n) is 15.8. The Kier molecular flexibility index (Phi) is 9.08. The Balaban J connectivity index is 1.18. The van der Waals surface area contributed by atoms with Gasteiger partial charge < -0.3 is 20.5 Å². The number of para-hydroxylation sites is 1. The van der Waals surface area contributed by atoms with Gasteiger partial charge in [-0.3, -0.25) is 9.69 Å². The number of likely N-dealkylation sites (tertiary alicyclic amines) is 2. The minimum atomic E-state index is -0.746. The molecule has 43 heavy (non-hydrogen) atoms. The molecular weight excluding hydrogens is 534 g/mol. The number of nitrogens with one attached hydrogen (secondary N) is 3. The molecule has 3 heterocycles. The number of nitrogens with zero attached hydrogens (tertiary/aromatic N) is 2. The molecule has 2 fully saturated rings. The predicted molar refractivity (Wildman–Crippen MR) is 173 cm³/mol. The van der Waals surface area contributed by atoms with E-state index in [1.807, 2.05) is 54.4 Å². The van der Waals surface area contributed by atoms with Crippen LogP contribution in [0.4, 0.5) is 10.5 Å². The van der Waals surface area contributed by atoms with E-state index >= 15 is 0 Å². The maximum absolute atomic E-state index is 14.0. The number of amides is 3. The van der Waals surface area contributed by atoms with Crippen LogP contribution in [0.3, 0.4) is 0 Å². The van der Waals surface area contributed by atoms with Crippen LogP contribution in [0.25, 0.3) is 10.9 Å². The number of fused-ring (bicyclic) bond motifs is 1. The number of carbonyl (C=O) groups is 2. The Morgan fingerprint density at radius 1 is 0.884 bits per heavy atom. The third-order valence-corrected chi connectivity index (χ3v) is 9.28. The molecule has 0 unspecified atom stereocenters. The summed E-state index contributed by atoms with van der Waals surface area (Å²) in [5, 5.41) is 7.36. The highest BCUT2D eigenvalue weighted by molar-refractivity contribution is 5.98. The lowest BCUT2D eigenvalue weighted by Crippen LogP contribution is -2.53. The van der Waals surface area contributed by atoms with Gasteiger partial charge in [-0.2, -0.15) is 0 Å². The first-order chi connectivity index (χ1) is 21.0. The molecule has 2 aliphatic heterocycles. The van der Waals surface area contributed by atoms with E-state index in [0.717, 1.165) is 54.6 Å². The second kappa shape index (κ2) is 13.5. The molecule has 0 aliphatic carbocycles. The number of piperidine rings is 2. The van der Waals surface area contributed by atoms with Crippen molar-refractivity contribution in [3.05, 3.63) is 102 Å². The zero-order chi connectivity index (χ0) is 29.6. The summed E-state index contributed by atoms with van der Waals surface area (Å²) in [6, 6.07) is 25.8. The molecule has 4 aromatic rings. The Morgan fingerprint density at radius 3 is 2.42 bits per heavy atom. The molecule has 0 radical (unpaired) electrons. The van der Waals surface area contributed by atoms with Crippen molar-refractivity contribution >= 4 is 28.5 Å². The summed E-state index contributed by atoms with van der Waals surface area (Å²) in [5.41, 5.74) is 5.30. The summed E-state index contributed by atoms with van der Waals surface area (Å²) in [7, 11) is 0. The zero-order valence-electron chi connectivity index (χ0n) is 25.1. The summed E-state index contributed by atoms with van der Waals surface area (Å²) in [6.45, 7) is 6.48. The smallest absolute Gasteiger partial charge is 0.318 e. The van der Waals surface area contributed by atoms with Gasteiger partial charge in [-0.05, 0) is 79.6 Å². The molecule has 3 N–H and O–H groups in total. The van der Waals surface area contributed by atoms with Crippen molar-refractivity contribution in [2.24, 2.45) is 0 Å². The van der Waals surface area contributed by atoms with Gasteiger partial charge in [0.15, 0.2) is 0 Å². The highest BCUT2D eigenvalue weighted by atomic mass is 16.2. The van der Waals surface area contributed by atoms with Crippen molar-refractivity contribution in [3.63, 3.8) is 0 Å². The number of urea groups is 1. The first kappa shape index (κ1) is 29.0. The van der Waals surface area contributed by atoms with Gasteiger partial charge in [-0.25, -0.2) is 4.79 Å². The van der Waals surface area contributed by atoms with Crippen LogP contribution in [-0.2, 0) is 11.3 Å². The van der Waals surface area contributed by atoms with Crippen LogP contribution in [0.1, 0.15) is 67.6 Å². The molecule has 2 saturated heterocycles. The van der Waals surface area contributed by atoms with Crippen molar-refractivity contribution in [3.8, 4) is 0 Å². The third kappa shape index (κ3) is 6.94. The number of rotatable bonds is 8. The number of benzene rings is 3. The van der Waals surface area contributed by atoms with E-state index in [4.69, 9.17) is 0 Å². The van der Waals surface area contributed by atoms with Gasteiger partial charge in [0, 0.05) is 48.3 Å². The predicted octanol–water partition coefficient (Wildman–Crippen LogP) is 6.85. The van der Waals surface area contributed by atoms with Crippen LogP contribution < -0.4 is 10.6 Å². The second-order valence-corrected chi connectivity index (χ2v) is 12.2. The molecule has 1 aromatic heterocycles. The summed E-state index contributed by atoms with van der Waals surface area (Å²) < 4.78 is 0. The van der Waals surface area contributed by atoms with E-state index in [1.165, 1.54) is 30.4 Å². The number of aromatic amines is 1. The van der Waals surface area contributed by atoms with E-state index in [1.54, 1.807) is 0 Å². The van der Waals surface area contributed by atoms with Gasteiger partial charge in [0.2, 0.25) is 5.91 Å². The Morgan fingerprint density at radius 2 is 1.63 bits per heavy atom. The molecule has 6 rings (SSSR count). The Labute approximate surface area is 254 Å². The minimum absolute atomic E-state index is 0.183. The molecule has 0 spiro atoms. The van der Waals surface area contributed by atoms with Crippen molar-refractivity contribution in [1.29, 1.82) is 0 Å². The molecule has 224 valence electrons. The SMILES string of the molecule is C[C@@H](c1c[nH]c2ccccc12)[C@@H](NC(=O)N1CCC(c2ccccc2)CC1)C(=O)Nc1cccc(CN2CCCCC2)c1. The maximum atomic E-state index is 14.0. The van der Waals surface area contributed by atoms with Crippen LogP contribution in [0.2, 0.25) is 0 Å². The standard InChI is InChI=1S/C36H43N5O2/c1-26(32-24-37-33-16-7-6-15-31(32)33)34(39-36(43)41-21-17-29(18-22-41)28-12-4-2-5-13-28)35(42)38-30-14-10-11-27(23-30)25-40-19-8-3-9-20-40/h2,4-7,10-16,23-24,26,29,34,37H,3,8-9,17-22,25H2,1H3,(H,38,42)(H,39,43)/t26-,34+/m0/s1. The minimum Gasteiger partial charge on any atom is -0.361 e. The van der Waals surface area contributed by atoms with E-state index in [2.05, 4.69) is 63.0 Å². The average molecular weight is 578 g/mol. The lowest BCUT2D eigenvalue weighted by Gasteiger charge is -2.34. The lowest BCUT2D eigenvalue weighted by molar-refractivity contribution is -0.118. The molecular formula is C36H43N5O2. The largest absolute Gasteiger partial charge is 0.361 e. The van der Waals surface area contributed by atoms with Crippen molar-refractivity contribution in [1.82, 2.24) is 20.1 Å². The summed E-state index contributed by atoms with van der Waals surface area (Å²) in [6.07, 6.45) is 7.58. The van der Waals surface area contributed by atoms with Crippen LogP contribution in [0, 0.1) is 0 Å². The third-order valence-electron chi connectivity index (χ3n) is 9.28. The molecule has 7 heteroatoms. The fourth-order valence-electron chi connectivity index (χ4n) is 6.78. The summed E-state index contributed by atoms with van der Waals surface area (Å²) in [5.74, 6) is -0.00869. The van der Waals surface area contributed by atoms with Gasteiger partial charge in [0.05, 0.1) is 0 Å². The van der Waals surface area contributed by atoms with Gasteiger partial charge in [0.1, 0.15) is 6.04 Å². The zero-order valence-corrected chi connectivity index (χ0v) is 25.1. The number of hydrogen-bond donors (Lipinski definition) is 3. The normalized spacial score (nSPS) is 17.8. The quantitative estimate of drug-likeness (QED) is 0.214. The van der Waals surface area contributed by atoms with Crippen molar-refractivity contribution in [2.75, 3.05) is 31.5 Å². The van der Waals surface area contributed by atoms with E-state index < -0.39 is 6.04 Å². The molecule has 2 aliphatic rings. The number of aromatic nitrogens is 1. The number of H-pyrrole nitrogens is 1. The molecule has 3 aromatic carbocycles. The highest BCUT2D eigenvalue weighted by Crippen LogP contribution is 2.30. The van der Waals surface area contributed by atoms with Crippen molar-refractivity contribution in [2.45, 2.75) is 63.5 Å². The van der Waals surface area contributed by atoms with Gasteiger partial charge in [-0.1, -0.05) is 74.0 Å². The highest BCUT2D eigenvalue weighted by Gasteiger charge is 2.32. The first-order valence-corrected chi connectivity index (χ1v) is 15.8. The second-order valence-electron chi connectivity index (χ2n) is 12.2. The fourth-order valence-corrected chi connectivity index (χ4v) is 6.78. The van der Waals surface area contributed by atoms with Gasteiger partial charge >= 0.3 is 6.03 Å². The topological polar surface area (TPSA) is 80.5 Å². The van der Waals surface area contributed by atoms with Crippen LogP contribution in [-0.4, -0.2) is 58.9 Å². The molecule has 7 nitrogen and oxygen atoms in total. The molecule has 0 bridgehead atoms. The van der Waals surface area contributed by atoms with Crippen LogP contribution in [0.5, 0.6) is 0 Å². The van der Waals surface area contributed by atoms with Gasteiger partial charge in [-0.15, -0.1) is 0 Å². The number of hydrogen-bond acceptors (Lipinski definition) is 3. The summed E-state index contributed by atoms with van der Waals surface area (Å²) >= 11 is 0. The van der Waals surface area contributed by atoms with E-state index in [0.29, 0.717) is 19.0 Å². The van der Waals surface area contributed by atoms with Crippen LogP contribution >= 0.6 is 0 Å². The Hall–Kier alpha value is -4.10. The maximum Gasteiger partial charge on any atom is 0.318 e. The van der Waals surface area contributed by atoms with Crippen molar-refractivity contribution < 1.29 is 9.59 Å². The fraction of sp³-hybridized carbons (Fsp3) is 0.389. The molecule has 0 saturated carbocycles. The molecule has 3 amide bonds. The van der Waals surface area contributed by atoms with E-state index in [-0.39, 0.29) is 17.9 Å². The van der Waals surface area contributed by atoms with Crippen LogP contribution in [0.15, 0.2) is 85.1 Å². The average Bonchev–Trinajstić information content (AvgIpc) is 3.49. The lowest BCUT2D eigenvalue weighted by atomic mass is 9.89. The Bertz CT molecular complexity index is 1520. The molecule has 2 atom stereocenters. The number of carbonyl (C=O) groups excluding carboxylic acids is 2. The number of anilines is 1. The summed E-state index contributed by atoms with van der Waals surface area (Å²) in [4.78, 5) is 35.3. The van der Waals surface area contributed by atoms with Gasteiger partial charge in [0.25, 0.3) is 0 Å².